The molecular formula is C31H33ClF2N6O4. The van der Waals surface area contributed by atoms with E-state index in [1.54, 1.807) is 46.5 Å². The summed E-state index contributed by atoms with van der Waals surface area (Å²) < 4.78 is 38.6. The van der Waals surface area contributed by atoms with Gasteiger partial charge in [0.15, 0.2) is 5.75 Å². The number of aromatic amines is 1. The number of nitrogens with zero attached hydrogens (tertiary/aromatic N) is 3. The fourth-order valence-electron chi connectivity index (χ4n) is 5.81. The van der Waals surface area contributed by atoms with E-state index < -0.39 is 5.92 Å². The molecule has 0 saturated carbocycles. The normalized spacial score (nSPS) is 19.4. The maximum atomic E-state index is 13.4. The van der Waals surface area contributed by atoms with Crippen molar-refractivity contribution in [2.24, 2.45) is 0 Å². The van der Waals surface area contributed by atoms with Crippen LogP contribution in [0, 0.1) is 0 Å². The van der Waals surface area contributed by atoms with Crippen LogP contribution in [0.1, 0.15) is 28.9 Å². The molecular weight excluding hydrogens is 594 g/mol. The quantitative estimate of drug-likeness (QED) is 0.281. The Labute approximate surface area is 258 Å². The van der Waals surface area contributed by atoms with Crippen molar-refractivity contribution in [2.45, 2.75) is 31.2 Å². The zero-order valence-electron chi connectivity index (χ0n) is 24.2. The average Bonchev–Trinajstić information content (AvgIpc) is 3.52. The second kappa shape index (κ2) is 12.4. The van der Waals surface area contributed by atoms with E-state index in [0.717, 1.165) is 12.1 Å². The Morgan fingerprint density at radius 2 is 2.16 bits per heavy atom. The molecule has 6 rings (SSSR count). The molecule has 5 heterocycles. The van der Waals surface area contributed by atoms with Crippen LogP contribution in [-0.4, -0.2) is 90.0 Å². The van der Waals surface area contributed by atoms with Crippen LogP contribution < -0.4 is 20.1 Å². The fraction of sp³-hybridized carbons (Fsp3) is 0.387. The minimum atomic E-state index is -2.66. The zero-order valence-corrected chi connectivity index (χ0v) is 24.9. The largest absolute Gasteiger partial charge is 0.493 e. The third-order valence-corrected chi connectivity index (χ3v) is 8.48. The lowest BCUT2D eigenvalue weighted by Gasteiger charge is -2.40. The molecule has 0 aliphatic carbocycles. The Hall–Kier alpha value is -4.16. The molecule has 0 spiro atoms. The monoisotopic (exact) mass is 626 g/mol. The number of para-hydroxylation sites is 1. The molecule has 2 aromatic heterocycles. The number of likely N-dealkylation sites (tertiary alicyclic amines) is 2. The number of aromatic nitrogens is 2. The Balaban J connectivity index is 1.19. The molecule has 0 radical (unpaired) electrons. The van der Waals surface area contributed by atoms with Gasteiger partial charge in [-0.3, -0.25) is 19.5 Å². The van der Waals surface area contributed by atoms with Gasteiger partial charge in [0.05, 0.1) is 53.5 Å². The standard InChI is InChI=1S/C31H33ClF2N6O4/c1-43-29-21(32)4-2-5-23(29)38-28-26-22(8-12-36-30(26)42)37-27(28)20-7-11-35-16-24(20)44-17-19-9-14-40(19)25(41)6-3-13-39-15-10-31(33,34)18-39/h2-7,11,16,19,37-38H,8-10,12-15,17-18H2,1H3,(H,36,42)/b6-3+/t19-/m1/s1. The third-order valence-electron chi connectivity index (χ3n) is 8.18. The second-order valence-corrected chi connectivity index (χ2v) is 11.5. The molecule has 44 heavy (non-hydrogen) atoms. The Kier molecular flexibility index (Phi) is 8.46. The van der Waals surface area contributed by atoms with Gasteiger partial charge in [0.2, 0.25) is 5.91 Å². The van der Waals surface area contributed by atoms with Crippen LogP contribution in [-0.2, 0) is 11.2 Å². The van der Waals surface area contributed by atoms with Crippen molar-refractivity contribution < 1.29 is 27.8 Å². The van der Waals surface area contributed by atoms with Gasteiger partial charge in [0.1, 0.15) is 12.4 Å². The summed E-state index contributed by atoms with van der Waals surface area (Å²) in [7, 11) is 1.53. The first-order chi connectivity index (χ1) is 21.2. The number of halogens is 3. The van der Waals surface area contributed by atoms with E-state index in [1.165, 1.54) is 13.2 Å². The molecule has 1 aromatic carbocycles. The van der Waals surface area contributed by atoms with Crippen LogP contribution in [0.25, 0.3) is 11.3 Å². The van der Waals surface area contributed by atoms with Crippen molar-refractivity contribution in [3.05, 3.63) is 65.1 Å². The number of amides is 2. The summed E-state index contributed by atoms with van der Waals surface area (Å²) in [5.74, 6) is -2.11. The summed E-state index contributed by atoms with van der Waals surface area (Å²) in [6.07, 6.45) is 7.59. The lowest BCUT2D eigenvalue weighted by molar-refractivity contribution is -0.134. The van der Waals surface area contributed by atoms with E-state index >= 15 is 0 Å². The zero-order chi connectivity index (χ0) is 30.8. The minimum Gasteiger partial charge on any atom is -0.493 e. The highest BCUT2D eigenvalue weighted by atomic mass is 35.5. The molecule has 3 N–H and O–H groups in total. The first-order valence-electron chi connectivity index (χ1n) is 14.5. The number of carbonyl (C=O) groups excluding carboxylic acids is 2. The topological polar surface area (TPSA) is 112 Å². The summed E-state index contributed by atoms with van der Waals surface area (Å²) >= 11 is 6.37. The first-order valence-corrected chi connectivity index (χ1v) is 14.9. The van der Waals surface area contributed by atoms with Crippen molar-refractivity contribution >= 4 is 34.8 Å². The number of hydrogen-bond acceptors (Lipinski definition) is 7. The summed E-state index contributed by atoms with van der Waals surface area (Å²) in [5.41, 5.74) is 3.75. The van der Waals surface area contributed by atoms with Gasteiger partial charge in [0.25, 0.3) is 11.8 Å². The predicted molar refractivity (Wildman–Crippen MR) is 162 cm³/mol. The van der Waals surface area contributed by atoms with Crippen LogP contribution in [0.3, 0.4) is 0 Å². The molecule has 3 aliphatic rings. The number of ether oxygens (including phenoxy) is 2. The molecule has 1 atom stereocenters. The number of anilines is 2. The number of nitrogens with one attached hydrogen (secondary N) is 3. The highest BCUT2D eigenvalue weighted by Gasteiger charge is 2.38. The van der Waals surface area contributed by atoms with Gasteiger partial charge >= 0.3 is 0 Å². The van der Waals surface area contributed by atoms with Crippen molar-refractivity contribution in [1.29, 1.82) is 0 Å². The van der Waals surface area contributed by atoms with Crippen molar-refractivity contribution in [3.63, 3.8) is 0 Å². The predicted octanol–water partition coefficient (Wildman–Crippen LogP) is 4.65. The second-order valence-electron chi connectivity index (χ2n) is 11.1. The van der Waals surface area contributed by atoms with E-state index in [1.807, 2.05) is 6.07 Å². The smallest absolute Gasteiger partial charge is 0.261 e. The van der Waals surface area contributed by atoms with E-state index in [4.69, 9.17) is 21.1 Å². The molecule has 3 aromatic rings. The van der Waals surface area contributed by atoms with Crippen molar-refractivity contribution in [3.8, 4) is 22.8 Å². The number of alkyl halides is 2. The fourth-order valence-corrected chi connectivity index (χ4v) is 6.06. The lowest BCUT2D eigenvalue weighted by Crippen LogP contribution is -2.53. The first kappa shape index (κ1) is 29.9. The Morgan fingerprint density at radius 1 is 1.30 bits per heavy atom. The molecule has 10 nitrogen and oxygen atoms in total. The van der Waals surface area contributed by atoms with Gasteiger partial charge in [-0.25, -0.2) is 8.78 Å². The Morgan fingerprint density at radius 3 is 2.91 bits per heavy atom. The lowest BCUT2D eigenvalue weighted by atomic mass is 10.0. The van der Waals surface area contributed by atoms with Gasteiger partial charge in [0, 0.05) is 62.6 Å². The number of hydrogen-bond donors (Lipinski definition) is 3. The molecule has 2 saturated heterocycles. The number of H-pyrrole nitrogens is 1. The van der Waals surface area contributed by atoms with Crippen molar-refractivity contribution in [1.82, 2.24) is 25.1 Å². The molecule has 13 heteroatoms. The van der Waals surface area contributed by atoms with Gasteiger partial charge < -0.3 is 30.0 Å². The number of methoxy groups -OCH3 is 1. The molecule has 2 fully saturated rings. The van der Waals surface area contributed by atoms with E-state index in [0.29, 0.717) is 77.3 Å². The highest BCUT2D eigenvalue weighted by Crippen LogP contribution is 2.43. The van der Waals surface area contributed by atoms with E-state index in [-0.39, 0.29) is 37.4 Å². The number of rotatable bonds is 10. The number of benzene rings is 1. The number of carbonyl (C=O) groups is 2. The summed E-state index contributed by atoms with van der Waals surface area (Å²) in [5, 5.41) is 6.70. The van der Waals surface area contributed by atoms with Crippen molar-refractivity contribution in [2.75, 3.05) is 51.8 Å². The molecule has 2 amide bonds. The molecule has 0 bridgehead atoms. The summed E-state index contributed by atoms with van der Waals surface area (Å²) in [6, 6.07) is 6.99. The maximum Gasteiger partial charge on any atom is 0.261 e. The van der Waals surface area contributed by atoms with Gasteiger partial charge in [-0.2, -0.15) is 0 Å². The van der Waals surface area contributed by atoms with Gasteiger partial charge in [-0.05, 0) is 24.6 Å². The van der Waals surface area contributed by atoms with Crippen LogP contribution in [0.5, 0.6) is 11.5 Å². The Bertz CT molecular complexity index is 1600. The highest BCUT2D eigenvalue weighted by molar-refractivity contribution is 6.32. The van der Waals surface area contributed by atoms with E-state index in [2.05, 4.69) is 20.6 Å². The van der Waals surface area contributed by atoms with Crippen LogP contribution >= 0.6 is 11.6 Å². The minimum absolute atomic E-state index is 0.146. The van der Waals surface area contributed by atoms with E-state index in [9.17, 15) is 18.4 Å². The van der Waals surface area contributed by atoms with Gasteiger partial charge in [-0.1, -0.05) is 23.7 Å². The SMILES string of the molecule is COc1c(Cl)cccc1Nc1c(-c2ccncc2OC[C@H]2CCN2C(=O)/C=C/CN2CCC(F)(F)C2)[nH]c2c1C(=O)NCC2. The molecule has 0 unspecified atom stereocenters. The molecule has 3 aliphatic heterocycles. The maximum absolute atomic E-state index is 13.4. The van der Waals surface area contributed by atoms with Crippen LogP contribution in [0.2, 0.25) is 5.02 Å². The van der Waals surface area contributed by atoms with Crippen LogP contribution in [0.15, 0.2) is 48.8 Å². The summed E-state index contributed by atoms with van der Waals surface area (Å²) in [6.45, 7) is 1.69. The number of fused-ring (bicyclic) bond motifs is 1. The molecule has 232 valence electrons. The third kappa shape index (κ3) is 6.09. The average molecular weight is 627 g/mol. The van der Waals surface area contributed by atoms with Crippen LogP contribution in [0.4, 0.5) is 20.2 Å². The van der Waals surface area contributed by atoms with Gasteiger partial charge in [-0.15, -0.1) is 0 Å². The number of pyridine rings is 1. The summed E-state index contributed by atoms with van der Waals surface area (Å²) in [4.78, 5) is 36.9.